The van der Waals surface area contributed by atoms with Crippen LogP contribution in [0.1, 0.15) is 31.9 Å². The van der Waals surface area contributed by atoms with Crippen molar-refractivity contribution >= 4 is 38.1 Å². The molecule has 0 saturated carbocycles. The lowest BCUT2D eigenvalue weighted by Gasteiger charge is -2.35. The summed E-state index contributed by atoms with van der Waals surface area (Å²) in [6.45, 7) is 8.02. The maximum Gasteiger partial charge on any atom is 0.269 e. The van der Waals surface area contributed by atoms with Crippen molar-refractivity contribution in [3.8, 4) is 16.3 Å². The summed E-state index contributed by atoms with van der Waals surface area (Å²) in [7, 11) is -3.63. The first-order valence-electron chi connectivity index (χ1n) is 10.4. The van der Waals surface area contributed by atoms with E-state index in [1.54, 1.807) is 6.07 Å². The van der Waals surface area contributed by atoms with Crippen LogP contribution in [-0.4, -0.2) is 43.4 Å². The van der Waals surface area contributed by atoms with E-state index in [2.05, 4.69) is 15.5 Å². The van der Waals surface area contributed by atoms with Crippen LogP contribution in [0.15, 0.2) is 42.5 Å². The quantitative estimate of drug-likeness (QED) is 0.599. The van der Waals surface area contributed by atoms with E-state index in [0.29, 0.717) is 21.6 Å². The van der Waals surface area contributed by atoms with E-state index in [9.17, 15) is 13.2 Å². The van der Waals surface area contributed by atoms with E-state index in [1.807, 2.05) is 64.1 Å². The number of nitrogens with zero attached hydrogens (tertiary/aromatic N) is 3. The highest BCUT2D eigenvalue weighted by atomic mass is 32.2. The van der Waals surface area contributed by atoms with Gasteiger partial charge in [0.05, 0.1) is 18.5 Å². The molecule has 1 aliphatic heterocycles. The minimum atomic E-state index is -3.63. The third-order valence-corrected chi connectivity index (χ3v) is 7.38. The van der Waals surface area contributed by atoms with Crippen LogP contribution >= 0.6 is 11.3 Å². The molecular weight excluding hydrogens is 460 g/mol. The van der Waals surface area contributed by atoms with Gasteiger partial charge >= 0.3 is 0 Å². The standard InChI is InChI=1S/C23H26N4O4S2/c1-14-6-8-15(9-7-14)21-25-26-22(32-21)24-20(28)19-13-27(33(5,29)30)17-12-16(23(2,3)4)10-11-18(17)31-19/h6-12,19H,13H2,1-5H3,(H,24,26,28)/t19-/m0/s1. The second kappa shape index (κ2) is 8.42. The first-order valence-corrected chi connectivity index (χ1v) is 13.1. The molecule has 0 fully saturated rings. The number of fused-ring (bicyclic) bond motifs is 1. The zero-order valence-electron chi connectivity index (χ0n) is 19.1. The van der Waals surface area contributed by atoms with E-state index >= 15 is 0 Å². The van der Waals surface area contributed by atoms with Gasteiger partial charge in [-0.25, -0.2) is 8.42 Å². The topological polar surface area (TPSA) is 101 Å². The SMILES string of the molecule is Cc1ccc(-c2nnc(NC(=O)[C@@H]3CN(S(C)(=O)=O)c4cc(C(C)(C)C)ccc4O3)s2)cc1. The van der Waals surface area contributed by atoms with E-state index in [4.69, 9.17) is 4.74 Å². The highest BCUT2D eigenvalue weighted by Gasteiger charge is 2.36. The molecular formula is C23H26N4O4S2. The van der Waals surface area contributed by atoms with Gasteiger partial charge in [0.1, 0.15) is 10.8 Å². The first-order chi connectivity index (χ1) is 15.4. The van der Waals surface area contributed by atoms with Gasteiger partial charge in [-0.2, -0.15) is 0 Å². The van der Waals surface area contributed by atoms with Crippen molar-refractivity contribution < 1.29 is 17.9 Å². The molecule has 0 radical (unpaired) electrons. The molecule has 174 valence electrons. The van der Waals surface area contributed by atoms with Crippen molar-refractivity contribution in [2.45, 2.75) is 39.2 Å². The summed E-state index contributed by atoms with van der Waals surface area (Å²) in [5, 5.41) is 11.9. The fraction of sp³-hybridized carbons (Fsp3) is 0.348. The Morgan fingerprint density at radius 1 is 1.15 bits per heavy atom. The number of amides is 1. The number of anilines is 2. The highest BCUT2D eigenvalue weighted by Crippen LogP contribution is 2.39. The van der Waals surface area contributed by atoms with E-state index in [-0.39, 0.29) is 12.0 Å². The van der Waals surface area contributed by atoms with Crippen LogP contribution in [0, 0.1) is 6.92 Å². The van der Waals surface area contributed by atoms with Crippen molar-refractivity contribution in [3.05, 3.63) is 53.6 Å². The van der Waals surface area contributed by atoms with Crippen LogP contribution in [0.2, 0.25) is 0 Å². The lowest BCUT2D eigenvalue weighted by molar-refractivity contribution is -0.122. The molecule has 0 saturated heterocycles. The highest BCUT2D eigenvalue weighted by molar-refractivity contribution is 7.92. The summed E-state index contributed by atoms with van der Waals surface area (Å²) >= 11 is 1.24. The van der Waals surface area contributed by atoms with Gasteiger partial charge in [-0.15, -0.1) is 10.2 Å². The van der Waals surface area contributed by atoms with Crippen molar-refractivity contribution in [3.63, 3.8) is 0 Å². The molecule has 0 spiro atoms. The van der Waals surface area contributed by atoms with Crippen molar-refractivity contribution in [2.75, 3.05) is 22.4 Å². The number of sulfonamides is 1. The molecule has 1 amide bonds. The molecule has 1 atom stereocenters. The fourth-order valence-electron chi connectivity index (χ4n) is 3.44. The Morgan fingerprint density at radius 3 is 2.48 bits per heavy atom. The van der Waals surface area contributed by atoms with Crippen molar-refractivity contribution in [1.82, 2.24) is 10.2 Å². The molecule has 1 N–H and O–H groups in total. The maximum atomic E-state index is 12.9. The molecule has 0 unspecified atom stereocenters. The summed E-state index contributed by atoms with van der Waals surface area (Å²) in [6, 6.07) is 13.3. The number of rotatable bonds is 4. The van der Waals surface area contributed by atoms with E-state index < -0.39 is 22.0 Å². The van der Waals surface area contributed by atoms with Crippen molar-refractivity contribution in [2.24, 2.45) is 0 Å². The molecule has 2 heterocycles. The summed E-state index contributed by atoms with van der Waals surface area (Å²) < 4.78 is 32.2. The summed E-state index contributed by atoms with van der Waals surface area (Å²) in [6.07, 6.45) is 0.0961. The Labute approximate surface area is 197 Å². The summed E-state index contributed by atoms with van der Waals surface area (Å²) in [5.41, 5.74) is 3.28. The Bertz CT molecular complexity index is 1290. The third kappa shape index (κ3) is 5.01. The van der Waals surface area contributed by atoms with Gasteiger partial charge in [0.2, 0.25) is 15.2 Å². The van der Waals surface area contributed by atoms with Gasteiger partial charge in [-0.3, -0.25) is 14.4 Å². The predicted molar refractivity (Wildman–Crippen MR) is 130 cm³/mol. The normalized spacial score (nSPS) is 16.2. The minimum absolute atomic E-state index is 0.130. The molecule has 10 heteroatoms. The Kier molecular flexibility index (Phi) is 5.92. The number of ether oxygens (including phenoxy) is 1. The largest absolute Gasteiger partial charge is 0.476 e. The lowest BCUT2D eigenvalue weighted by atomic mass is 9.86. The van der Waals surface area contributed by atoms with Crippen LogP contribution < -0.4 is 14.4 Å². The van der Waals surface area contributed by atoms with Crippen LogP contribution in [0.4, 0.5) is 10.8 Å². The number of hydrogen-bond acceptors (Lipinski definition) is 7. The smallest absolute Gasteiger partial charge is 0.269 e. The molecule has 3 aromatic rings. The maximum absolute atomic E-state index is 12.9. The number of benzene rings is 2. The zero-order chi connectivity index (χ0) is 24.0. The summed E-state index contributed by atoms with van der Waals surface area (Å²) in [5.74, 6) is -0.141. The minimum Gasteiger partial charge on any atom is -0.476 e. The Balaban J connectivity index is 1.56. The van der Waals surface area contributed by atoms with E-state index in [0.717, 1.165) is 22.9 Å². The number of carbonyl (C=O) groups is 1. The first kappa shape index (κ1) is 23.2. The van der Waals surface area contributed by atoms with Gasteiger partial charge in [-0.05, 0) is 30.0 Å². The number of carbonyl (C=O) groups excluding carboxylic acids is 1. The van der Waals surface area contributed by atoms with Crippen molar-refractivity contribution in [1.29, 1.82) is 0 Å². The second-order valence-corrected chi connectivity index (χ2v) is 12.0. The zero-order valence-corrected chi connectivity index (χ0v) is 20.8. The molecule has 8 nitrogen and oxygen atoms in total. The van der Waals surface area contributed by atoms with Crippen LogP contribution in [0.25, 0.3) is 10.6 Å². The average molecular weight is 487 g/mol. The lowest BCUT2D eigenvalue weighted by Crippen LogP contribution is -2.48. The molecule has 1 aromatic heterocycles. The molecule has 33 heavy (non-hydrogen) atoms. The Hall–Kier alpha value is -2.98. The second-order valence-electron chi connectivity index (χ2n) is 9.10. The predicted octanol–water partition coefficient (Wildman–Crippen LogP) is 3.98. The molecule has 4 rings (SSSR count). The van der Waals surface area contributed by atoms with Crippen LogP contribution in [0.3, 0.4) is 0 Å². The summed E-state index contributed by atoms with van der Waals surface area (Å²) in [4.78, 5) is 12.9. The van der Waals surface area contributed by atoms with Gasteiger partial charge < -0.3 is 4.74 Å². The molecule has 2 aromatic carbocycles. The molecule has 1 aliphatic rings. The monoisotopic (exact) mass is 486 g/mol. The van der Waals surface area contributed by atoms with Gasteiger partial charge in [-0.1, -0.05) is 68.0 Å². The van der Waals surface area contributed by atoms with E-state index in [1.165, 1.54) is 15.6 Å². The average Bonchev–Trinajstić information content (AvgIpc) is 3.20. The fourth-order valence-corrected chi connectivity index (χ4v) is 5.10. The number of aromatic nitrogens is 2. The molecule has 0 aliphatic carbocycles. The van der Waals surface area contributed by atoms with Gasteiger partial charge in [0.25, 0.3) is 5.91 Å². The van der Waals surface area contributed by atoms with Gasteiger partial charge in [0, 0.05) is 5.56 Å². The number of hydrogen-bond donors (Lipinski definition) is 1. The Morgan fingerprint density at radius 2 is 1.85 bits per heavy atom. The number of aryl methyl sites for hydroxylation is 1. The number of nitrogens with one attached hydrogen (secondary N) is 1. The van der Waals surface area contributed by atoms with Crippen LogP contribution in [-0.2, 0) is 20.2 Å². The molecule has 0 bridgehead atoms. The third-order valence-electron chi connectivity index (χ3n) is 5.34. The van der Waals surface area contributed by atoms with Gasteiger partial charge in [0.15, 0.2) is 6.10 Å². The van der Waals surface area contributed by atoms with Crippen LogP contribution in [0.5, 0.6) is 5.75 Å².